The molecular weight excluding hydrogens is 267 g/mol. The maximum atomic E-state index is 13.2. The van der Waals surface area contributed by atoms with Gasteiger partial charge in [0.15, 0.2) is 0 Å². The van der Waals surface area contributed by atoms with Crippen molar-refractivity contribution in [1.82, 2.24) is 4.90 Å². The summed E-state index contributed by atoms with van der Waals surface area (Å²) in [5.74, 6) is -0.883. The number of amides is 2. The van der Waals surface area contributed by atoms with Gasteiger partial charge >= 0.3 is 0 Å². The number of nitrogens with zero attached hydrogens (tertiary/aromatic N) is 1. The van der Waals surface area contributed by atoms with Gasteiger partial charge in [-0.3, -0.25) is 14.5 Å². The standard InChI is InChI=1S/C13H13FN2O2S/c14-9-5-4-8(10(6-9)13(15)19)7-16-11(17)2-1-3-12(16)18/h4-6H,1-3,7H2,(H2,15,19). The van der Waals surface area contributed by atoms with E-state index in [0.717, 1.165) is 0 Å². The van der Waals surface area contributed by atoms with Crippen molar-refractivity contribution in [3.8, 4) is 0 Å². The van der Waals surface area contributed by atoms with Crippen molar-refractivity contribution >= 4 is 29.0 Å². The first-order valence-electron chi connectivity index (χ1n) is 5.90. The zero-order valence-electron chi connectivity index (χ0n) is 10.2. The Balaban J connectivity index is 2.30. The Hall–Kier alpha value is -1.82. The molecule has 1 aromatic rings. The van der Waals surface area contributed by atoms with Gasteiger partial charge < -0.3 is 5.73 Å². The Morgan fingerprint density at radius 1 is 1.32 bits per heavy atom. The zero-order chi connectivity index (χ0) is 14.0. The molecule has 6 heteroatoms. The molecule has 2 amide bonds. The minimum atomic E-state index is -0.456. The van der Waals surface area contributed by atoms with Crippen molar-refractivity contribution in [2.75, 3.05) is 0 Å². The minimum absolute atomic E-state index is 0.0476. The topological polar surface area (TPSA) is 63.4 Å². The van der Waals surface area contributed by atoms with Gasteiger partial charge in [0.05, 0.1) is 6.54 Å². The van der Waals surface area contributed by atoms with E-state index in [0.29, 0.717) is 30.4 Å². The molecule has 0 saturated carbocycles. The maximum Gasteiger partial charge on any atom is 0.229 e. The molecule has 0 radical (unpaired) electrons. The third kappa shape index (κ3) is 2.96. The van der Waals surface area contributed by atoms with Crippen LogP contribution in [0.2, 0.25) is 0 Å². The monoisotopic (exact) mass is 280 g/mol. The molecule has 2 rings (SSSR count). The van der Waals surface area contributed by atoms with Gasteiger partial charge in [0, 0.05) is 18.4 Å². The number of nitrogens with two attached hydrogens (primary N) is 1. The first kappa shape index (κ1) is 13.6. The highest BCUT2D eigenvalue weighted by molar-refractivity contribution is 7.80. The lowest BCUT2D eigenvalue weighted by Crippen LogP contribution is -2.39. The summed E-state index contributed by atoms with van der Waals surface area (Å²) in [6.45, 7) is 0.0879. The van der Waals surface area contributed by atoms with Crippen LogP contribution in [0.15, 0.2) is 18.2 Å². The molecular formula is C13H13FN2O2S. The highest BCUT2D eigenvalue weighted by Crippen LogP contribution is 2.19. The SMILES string of the molecule is NC(=S)c1cc(F)ccc1CN1C(=O)CCCC1=O. The van der Waals surface area contributed by atoms with E-state index in [-0.39, 0.29) is 23.3 Å². The number of carbonyl (C=O) groups excluding carboxylic acids is 2. The van der Waals surface area contributed by atoms with Crippen LogP contribution < -0.4 is 5.73 Å². The molecule has 1 fully saturated rings. The van der Waals surface area contributed by atoms with Gasteiger partial charge in [-0.1, -0.05) is 18.3 Å². The molecule has 1 aliphatic heterocycles. The van der Waals surface area contributed by atoms with Crippen LogP contribution in [-0.2, 0) is 16.1 Å². The first-order chi connectivity index (χ1) is 8.99. The number of thiocarbonyl (C=S) groups is 1. The fraction of sp³-hybridized carbons (Fsp3) is 0.308. The summed E-state index contributed by atoms with van der Waals surface area (Å²) in [5.41, 5.74) is 6.48. The van der Waals surface area contributed by atoms with E-state index in [1.807, 2.05) is 0 Å². The van der Waals surface area contributed by atoms with Crippen molar-refractivity contribution in [2.24, 2.45) is 5.73 Å². The van der Waals surface area contributed by atoms with Gasteiger partial charge in [-0.2, -0.15) is 0 Å². The second-order valence-electron chi connectivity index (χ2n) is 4.39. The third-order valence-electron chi connectivity index (χ3n) is 3.05. The lowest BCUT2D eigenvalue weighted by molar-refractivity contribution is -0.148. The molecule has 100 valence electrons. The number of benzene rings is 1. The van der Waals surface area contributed by atoms with Crippen molar-refractivity contribution in [1.29, 1.82) is 0 Å². The predicted molar refractivity (Wildman–Crippen MR) is 71.7 cm³/mol. The second kappa shape index (κ2) is 5.44. The molecule has 1 heterocycles. The molecule has 0 unspecified atom stereocenters. The number of halogens is 1. The van der Waals surface area contributed by atoms with E-state index < -0.39 is 5.82 Å². The lowest BCUT2D eigenvalue weighted by Gasteiger charge is -2.25. The summed E-state index contributed by atoms with van der Waals surface area (Å²) >= 11 is 4.86. The molecule has 0 aliphatic carbocycles. The van der Waals surface area contributed by atoms with Crippen LogP contribution in [0.5, 0.6) is 0 Å². The number of carbonyl (C=O) groups is 2. The molecule has 1 aliphatic rings. The molecule has 2 N–H and O–H groups in total. The van der Waals surface area contributed by atoms with E-state index >= 15 is 0 Å². The highest BCUT2D eigenvalue weighted by atomic mass is 32.1. The number of likely N-dealkylation sites (tertiary alicyclic amines) is 1. The van der Waals surface area contributed by atoms with Crippen LogP contribution in [-0.4, -0.2) is 21.7 Å². The number of hydrogen-bond acceptors (Lipinski definition) is 3. The van der Waals surface area contributed by atoms with Gasteiger partial charge in [-0.05, 0) is 24.1 Å². The van der Waals surface area contributed by atoms with Gasteiger partial charge in [0.25, 0.3) is 0 Å². The normalized spacial score (nSPS) is 15.7. The average Bonchev–Trinajstić information content (AvgIpc) is 2.35. The van der Waals surface area contributed by atoms with Crippen LogP contribution in [0.1, 0.15) is 30.4 Å². The van der Waals surface area contributed by atoms with Crippen LogP contribution in [0.4, 0.5) is 4.39 Å². The van der Waals surface area contributed by atoms with Crippen molar-refractivity contribution in [3.63, 3.8) is 0 Å². The van der Waals surface area contributed by atoms with Crippen molar-refractivity contribution in [2.45, 2.75) is 25.8 Å². The van der Waals surface area contributed by atoms with Crippen LogP contribution in [0.3, 0.4) is 0 Å². The summed E-state index contributed by atoms with van der Waals surface area (Å²) in [6.07, 6.45) is 1.30. The van der Waals surface area contributed by atoms with Crippen molar-refractivity contribution in [3.05, 3.63) is 35.1 Å². The number of imide groups is 1. The summed E-state index contributed by atoms with van der Waals surface area (Å²) in [7, 11) is 0. The maximum absolute atomic E-state index is 13.2. The largest absolute Gasteiger partial charge is 0.389 e. The molecule has 19 heavy (non-hydrogen) atoms. The predicted octanol–water partition coefficient (Wildman–Crippen LogP) is 1.50. The van der Waals surface area contributed by atoms with Gasteiger partial charge in [-0.15, -0.1) is 0 Å². The third-order valence-corrected chi connectivity index (χ3v) is 3.27. The quantitative estimate of drug-likeness (QED) is 0.673. The Kier molecular flexibility index (Phi) is 3.90. The summed E-state index contributed by atoms with van der Waals surface area (Å²) in [6, 6.07) is 3.98. The Bertz CT molecular complexity index is 544. The van der Waals surface area contributed by atoms with E-state index in [4.69, 9.17) is 18.0 Å². The fourth-order valence-corrected chi connectivity index (χ4v) is 2.25. The summed E-state index contributed by atoms with van der Waals surface area (Å²) in [4.78, 5) is 24.7. The number of rotatable bonds is 3. The fourth-order valence-electron chi connectivity index (χ4n) is 2.06. The van der Waals surface area contributed by atoms with Gasteiger partial charge in [-0.25, -0.2) is 4.39 Å². The van der Waals surface area contributed by atoms with E-state index in [1.165, 1.54) is 23.1 Å². The van der Waals surface area contributed by atoms with Crippen LogP contribution in [0.25, 0.3) is 0 Å². The highest BCUT2D eigenvalue weighted by Gasteiger charge is 2.26. The minimum Gasteiger partial charge on any atom is -0.389 e. The van der Waals surface area contributed by atoms with E-state index in [9.17, 15) is 14.0 Å². The van der Waals surface area contributed by atoms with Crippen molar-refractivity contribution < 1.29 is 14.0 Å². The number of piperidine rings is 1. The Morgan fingerprint density at radius 3 is 2.53 bits per heavy atom. The van der Waals surface area contributed by atoms with Crippen LogP contribution in [0, 0.1) is 5.82 Å². The molecule has 0 bridgehead atoms. The molecule has 0 aromatic heterocycles. The lowest BCUT2D eigenvalue weighted by atomic mass is 10.0. The second-order valence-corrected chi connectivity index (χ2v) is 4.83. The molecule has 1 saturated heterocycles. The smallest absolute Gasteiger partial charge is 0.229 e. The number of hydrogen-bond donors (Lipinski definition) is 1. The molecule has 0 spiro atoms. The average molecular weight is 280 g/mol. The van der Waals surface area contributed by atoms with Gasteiger partial charge in [0.1, 0.15) is 10.8 Å². The summed E-state index contributed by atoms with van der Waals surface area (Å²) in [5, 5.41) is 0. The van der Waals surface area contributed by atoms with E-state index in [1.54, 1.807) is 0 Å². The van der Waals surface area contributed by atoms with E-state index in [2.05, 4.69) is 0 Å². The van der Waals surface area contributed by atoms with Gasteiger partial charge in [0.2, 0.25) is 11.8 Å². The zero-order valence-corrected chi connectivity index (χ0v) is 11.0. The van der Waals surface area contributed by atoms with Crippen LogP contribution >= 0.6 is 12.2 Å². The molecule has 0 atom stereocenters. The summed E-state index contributed by atoms with van der Waals surface area (Å²) < 4.78 is 13.2. The molecule has 1 aromatic carbocycles. The molecule has 4 nitrogen and oxygen atoms in total. The first-order valence-corrected chi connectivity index (χ1v) is 6.31. The Morgan fingerprint density at radius 2 is 1.95 bits per heavy atom. The Labute approximate surface area is 115 Å².